The Kier molecular flexibility index (Phi) is 4.42. The fourth-order valence-corrected chi connectivity index (χ4v) is 6.66. The van der Waals surface area contributed by atoms with Gasteiger partial charge in [-0.05, 0) is 0 Å². The molecule has 0 aliphatic heterocycles. The summed E-state index contributed by atoms with van der Waals surface area (Å²) in [7, 11) is 0.519. The Morgan fingerprint density at radius 1 is 0.478 bits per heavy atom. The van der Waals surface area contributed by atoms with Crippen molar-refractivity contribution < 1.29 is 0 Å². The second-order valence-corrected chi connectivity index (χ2v) is 10.7. The van der Waals surface area contributed by atoms with Crippen molar-refractivity contribution in [2.45, 2.75) is 20.8 Å². The molecule has 0 amide bonds. The van der Waals surface area contributed by atoms with E-state index in [9.17, 15) is 0 Å². The Morgan fingerprint density at radius 3 is 0.913 bits per heavy atom. The maximum absolute atomic E-state index is 2.47. The summed E-state index contributed by atoms with van der Waals surface area (Å²) in [4.78, 5) is 0. The van der Waals surface area contributed by atoms with E-state index in [0.29, 0.717) is 0 Å². The number of hydrogen-bond donors (Lipinski definition) is 0. The fraction of sp³-hybridized carbons (Fsp3) is 0.143. The van der Waals surface area contributed by atoms with Crippen LogP contribution in [0.1, 0.15) is 16.7 Å². The van der Waals surface area contributed by atoms with Gasteiger partial charge in [0.05, 0.1) is 0 Å². The number of hydrogen-bond acceptors (Lipinski definition) is 0. The molecule has 3 aromatic rings. The first-order chi connectivity index (χ1) is 11.0. The zero-order valence-electron chi connectivity index (χ0n) is 14.4. The monoisotopic (exact) mass is 318 g/mol. The summed E-state index contributed by atoms with van der Waals surface area (Å²) in [6, 6.07) is 27.4. The molecule has 0 N–H and O–H groups in total. The first-order valence-electron chi connectivity index (χ1n) is 8.21. The van der Waals surface area contributed by atoms with Gasteiger partial charge in [0.15, 0.2) is 0 Å². The van der Waals surface area contributed by atoms with Crippen molar-refractivity contribution in [3.63, 3.8) is 0 Å². The molecule has 0 bridgehead atoms. The summed E-state index contributed by atoms with van der Waals surface area (Å²) in [5.41, 5.74) is 3.95. The normalized spacial score (nSPS) is 12.1. The molecule has 0 radical (unpaired) electrons. The van der Waals surface area contributed by atoms with Crippen molar-refractivity contribution in [1.82, 2.24) is 0 Å². The van der Waals surface area contributed by atoms with Gasteiger partial charge in [-0.3, -0.25) is 0 Å². The summed E-state index contributed by atoms with van der Waals surface area (Å²) >= 11 is 0. The average molecular weight is 318 g/mol. The van der Waals surface area contributed by atoms with Crippen LogP contribution >= 0.6 is 7.14 Å². The molecule has 0 fully saturated rings. The fourth-order valence-electron chi connectivity index (χ4n) is 3.16. The van der Waals surface area contributed by atoms with E-state index in [4.69, 9.17) is 0 Å². The van der Waals surface area contributed by atoms with E-state index in [0.717, 1.165) is 0 Å². The summed E-state index contributed by atoms with van der Waals surface area (Å²) in [5.74, 6) is 0. The minimum absolute atomic E-state index is 1.32. The quantitative estimate of drug-likeness (QED) is 0.514. The third kappa shape index (κ3) is 3.12. The van der Waals surface area contributed by atoms with Crippen molar-refractivity contribution in [2.75, 3.05) is 0 Å². The Balaban J connectivity index is 2.21. The Bertz CT molecular complexity index is 676. The van der Waals surface area contributed by atoms with Crippen molar-refractivity contribution in [3.8, 4) is 0 Å². The molecule has 0 spiro atoms. The van der Waals surface area contributed by atoms with Crippen LogP contribution in [0, 0.1) is 20.8 Å². The SMILES string of the molecule is B[PH](c1ccc(C)cc1)(c1ccc(C)cc1)c1ccc(C)cc1. The van der Waals surface area contributed by atoms with Crippen LogP contribution in [-0.2, 0) is 0 Å². The van der Waals surface area contributed by atoms with Gasteiger partial charge in [-0.2, -0.15) is 0 Å². The Labute approximate surface area is 141 Å². The summed E-state index contributed by atoms with van der Waals surface area (Å²) in [5, 5.41) is 4.41. The van der Waals surface area contributed by atoms with Gasteiger partial charge in [-0.25, -0.2) is 0 Å². The van der Waals surface area contributed by atoms with Gasteiger partial charge in [-0.15, -0.1) is 0 Å². The molecule has 23 heavy (non-hydrogen) atoms. The Morgan fingerprint density at radius 2 is 0.696 bits per heavy atom. The van der Waals surface area contributed by atoms with Crippen molar-refractivity contribution in [1.29, 1.82) is 0 Å². The predicted octanol–water partition coefficient (Wildman–Crippen LogP) is 3.19. The Hall–Kier alpha value is -1.85. The van der Waals surface area contributed by atoms with Gasteiger partial charge < -0.3 is 0 Å². The molecule has 0 saturated carbocycles. The van der Waals surface area contributed by atoms with Gasteiger partial charge in [0.1, 0.15) is 0 Å². The van der Waals surface area contributed by atoms with Gasteiger partial charge in [0, 0.05) is 0 Å². The number of benzene rings is 3. The molecule has 2 heteroatoms. The van der Waals surface area contributed by atoms with Crippen LogP contribution in [0.5, 0.6) is 0 Å². The molecule has 0 aliphatic carbocycles. The first kappa shape index (κ1) is 16.0. The van der Waals surface area contributed by atoms with Gasteiger partial charge in [0.25, 0.3) is 0 Å². The van der Waals surface area contributed by atoms with E-state index in [1.807, 2.05) is 0 Å². The van der Waals surface area contributed by atoms with Crippen molar-refractivity contribution in [2.24, 2.45) is 0 Å². The molecule has 0 unspecified atom stereocenters. The molecular formula is C21H24BP. The third-order valence-electron chi connectivity index (χ3n) is 4.89. The van der Waals surface area contributed by atoms with E-state index >= 15 is 0 Å². The predicted molar refractivity (Wildman–Crippen MR) is 109 cm³/mol. The zero-order valence-corrected chi connectivity index (χ0v) is 15.4. The van der Waals surface area contributed by atoms with Crippen LogP contribution < -0.4 is 15.9 Å². The molecule has 0 saturated heterocycles. The first-order valence-corrected chi connectivity index (χ1v) is 10.7. The van der Waals surface area contributed by atoms with Gasteiger partial charge >= 0.3 is 141 Å². The van der Waals surface area contributed by atoms with Crippen molar-refractivity contribution in [3.05, 3.63) is 89.5 Å². The topological polar surface area (TPSA) is 0 Å². The van der Waals surface area contributed by atoms with Crippen LogP contribution in [0.25, 0.3) is 0 Å². The third-order valence-corrected chi connectivity index (χ3v) is 9.35. The van der Waals surface area contributed by atoms with E-state index in [-0.39, 0.29) is 0 Å². The number of aryl methyl sites for hydroxylation is 3. The van der Waals surface area contributed by atoms with Crippen LogP contribution in [0.2, 0.25) is 0 Å². The van der Waals surface area contributed by atoms with Gasteiger partial charge in [0.2, 0.25) is 0 Å². The minimum atomic E-state index is -1.95. The summed E-state index contributed by atoms with van der Waals surface area (Å²) < 4.78 is 0. The number of rotatable bonds is 3. The van der Waals surface area contributed by atoms with Crippen molar-refractivity contribution >= 4 is 30.6 Å². The molecule has 0 aromatic heterocycles. The zero-order chi connectivity index (χ0) is 16.4. The summed E-state index contributed by atoms with van der Waals surface area (Å²) in [6.45, 7) is 6.46. The van der Waals surface area contributed by atoms with Gasteiger partial charge in [-0.1, -0.05) is 0 Å². The maximum atomic E-state index is 2.47. The van der Waals surface area contributed by atoms with Crippen LogP contribution in [0.3, 0.4) is 0 Å². The standard InChI is InChI=1S/C21H24BP/c1-16-4-10-19(11-5-16)23(22,20-12-6-17(2)7-13-20)21-14-8-18(3)9-15-21/h4-15,23H,22H2,1-3H3. The molecule has 3 rings (SSSR count). The molecule has 0 nitrogen and oxygen atoms in total. The van der Waals surface area contributed by atoms with E-state index in [1.165, 1.54) is 32.6 Å². The second kappa shape index (κ2) is 6.34. The van der Waals surface area contributed by atoms with E-state index in [1.54, 1.807) is 0 Å². The van der Waals surface area contributed by atoms with Crippen LogP contribution in [0.15, 0.2) is 72.8 Å². The van der Waals surface area contributed by atoms with E-state index in [2.05, 4.69) is 101 Å². The summed E-state index contributed by atoms with van der Waals surface area (Å²) in [6.07, 6.45) is 0. The molecule has 0 aliphatic rings. The average Bonchev–Trinajstić information content (AvgIpc) is 2.56. The van der Waals surface area contributed by atoms with E-state index < -0.39 is 7.14 Å². The second-order valence-electron chi connectivity index (χ2n) is 6.72. The van der Waals surface area contributed by atoms with Crippen LogP contribution in [0.4, 0.5) is 0 Å². The molecular weight excluding hydrogens is 294 g/mol. The molecule has 116 valence electrons. The van der Waals surface area contributed by atoms with Crippen LogP contribution in [-0.4, -0.2) is 7.57 Å². The molecule has 3 aromatic carbocycles. The molecule has 0 heterocycles. The molecule has 0 atom stereocenters.